The van der Waals surface area contributed by atoms with E-state index in [2.05, 4.69) is 5.32 Å². The number of nitriles is 1. The first-order valence-corrected chi connectivity index (χ1v) is 4.62. The second kappa shape index (κ2) is 5.32. The monoisotopic (exact) mass is 208 g/mol. The van der Waals surface area contributed by atoms with Gasteiger partial charge in [-0.25, -0.2) is 4.39 Å². The molecule has 0 aliphatic carbocycles. The molecule has 4 heteroatoms. The number of hydrogen-bond donors (Lipinski definition) is 1. The lowest BCUT2D eigenvalue weighted by atomic mass is 10.1. The van der Waals surface area contributed by atoms with Gasteiger partial charge in [0.15, 0.2) is 0 Å². The molecule has 80 valence electrons. The van der Waals surface area contributed by atoms with E-state index in [0.29, 0.717) is 17.9 Å². The molecule has 0 heterocycles. The average Bonchev–Trinajstić information content (AvgIpc) is 2.21. The molecule has 0 unspecified atom stereocenters. The smallest absolute Gasteiger partial charge is 0.124 e. The summed E-state index contributed by atoms with van der Waals surface area (Å²) in [6, 6.07) is 6.10. The molecule has 0 bridgehead atoms. The van der Waals surface area contributed by atoms with Crippen LogP contribution in [0.5, 0.6) is 0 Å². The van der Waals surface area contributed by atoms with Gasteiger partial charge in [0.2, 0.25) is 0 Å². The van der Waals surface area contributed by atoms with Gasteiger partial charge in [0.05, 0.1) is 17.9 Å². The van der Waals surface area contributed by atoms with Gasteiger partial charge in [-0.3, -0.25) is 0 Å². The van der Waals surface area contributed by atoms with Crippen LogP contribution in [0.1, 0.15) is 12.5 Å². The minimum Gasteiger partial charge on any atom is -0.383 e. The molecule has 1 rings (SSSR count). The van der Waals surface area contributed by atoms with Crippen LogP contribution in [0.3, 0.4) is 0 Å². The summed E-state index contributed by atoms with van der Waals surface area (Å²) >= 11 is 0. The summed E-state index contributed by atoms with van der Waals surface area (Å²) in [5.74, 6) is -0.406. The van der Waals surface area contributed by atoms with Crippen LogP contribution in [0.25, 0.3) is 0 Å². The molecule has 0 spiro atoms. The van der Waals surface area contributed by atoms with Crippen LogP contribution >= 0.6 is 0 Å². The van der Waals surface area contributed by atoms with Gasteiger partial charge >= 0.3 is 0 Å². The van der Waals surface area contributed by atoms with Gasteiger partial charge in [-0.2, -0.15) is 5.26 Å². The van der Waals surface area contributed by atoms with Crippen molar-refractivity contribution >= 4 is 5.69 Å². The highest BCUT2D eigenvalue weighted by Crippen LogP contribution is 2.16. The Labute approximate surface area is 88.5 Å². The van der Waals surface area contributed by atoms with Crippen molar-refractivity contribution in [3.05, 3.63) is 29.6 Å². The van der Waals surface area contributed by atoms with Gasteiger partial charge in [0, 0.05) is 13.2 Å². The third kappa shape index (κ3) is 3.22. The molecule has 0 saturated heterocycles. The molecule has 0 aliphatic rings. The zero-order valence-corrected chi connectivity index (χ0v) is 8.75. The van der Waals surface area contributed by atoms with E-state index in [1.807, 2.05) is 13.0 Å². The maximum absolute atomic E-state index is 12.8. The first-order chi connectivity index (χ1) is 7.17. The van der Waals surface area contributed by atoms with Crippen LogP contribution in [0.15, 0.2) is 18.2 Å². The Balaban J connectivity index is 2.81. The Hall–Kier alpha value is -1.60. The molecule has 0 amide bonds. The van der Waals surface area contributed by atoms with E-state index in [-0.39, 0.29) is 6.04 Å². The largest absolute Gasteiger partial charge is 0.383 e. The van der Waals surface area contributed by atoms with Gasteiger partial charge in [0.25, 0.3) is 0 Å². The van der Waals surface area contributed by atoms with E-state index in [9.17, 15) is 4.39 Å². The van der Waals surface area contributed by atoms with E-state index in [0.717, 1.165) is 0 Å². The molecule has 0 radical (unpaired) electrons. The summed E-state index contributed by atoms with van der Waals surface area (Å²) < 4.78 is 17.8. The highest BCUT2D eigenvalue weighted by atomic mass is 19.1. The zero-order chi connectivity index (χ0) is 11.3. The van der Waals surface area contributed by atoms with Crippen molar-refractivity contribution in [1.29, 1.82) is 5.26 Å². The molecule has 3 nitrogen and oxygen atoms in total. The predicted octanol–water partition coefficient (Wildman–Crippen LogP) is 2.14. The summed E-state index contributed by atoms with van der Waals surface area (Å²) in [6.07, 6.45) is 0. The number of nitrogens with zero attached hydrogens (tertiary/aromatic N) is 1. The van der Waals surface area contributed by atoms with Crippen LogP contribution in [-0.2, 0) is 4.74 Å². The maximum atomic E-state index is 12.8. The van der Waals surface area contributed by atoms with Crippen LogP contribution in [0.2, 0.25) is 0 Å². The zero-order valence-electron chi connectivity index (χ0n) is 8.75. The number of nitrogens with one attached hydrogen (secondary N) is 1. The maximum Gasteiger partial charge on any atom is 0.124 e. The molecule has 0 aromatic heterocycles. The molecule has 1 atom stereocenters. The quantitative estimate of drug-likeness (QED) is 0.824. The van der Waals surface area contributed by atoms with Crippen molar-refractivity contribution < 1.29 is 9.13 Å². The Morgan fingerprint density at radius 1 is 1.60 bits per heavy atom. The molecule has 0 aliphatic heterocycles. The van der Waals surface area contributed by atoms with E-state index < -0.39 is 5.82 Å². The molecule has 1 N–H and O–H groups in total. The summed E-state index contributed by atoms with van der Waals surface area (Å²) in [4.78, 5) is 0. The number of rotatable bonds is 4. The number of anilines is 1. The van der Waals surface area contributed by atoms with Crippen LogP contribution in [0, 0.1) is 17.1 Å². The average molecular weight is 208 g/mol. The standard InChI is InChI=1S/C11H13FN2O/c1-8(7-15-2)14-11-4-3-10(12)5-9(11)6-13/h3-5,8,14H,7H2,1-2H3/t8-/m1/s1. The van der Waals surface area contributed by atoms with Crippen LogP contribution in [0.4, 0.5) is 10.1 Å². The van der Waals surface area contributed by atoms with Crippen molar-refractivity contribution in [2.24, 2.45) is 0 Å². The fourth-order valence-corrected chi connectivity index (χ4v) is 1.29. The fourth-order valence-electron chi connectivity index (χ4n) is 1.29. The molecule has 15 heavy (non-hydrogen) atoms. The molecule has 1 aromatic carbocycles. The molecular weight excluding hydrogens is 195 g/mol. The Bertz CT molecular complexity index is 373. The second-order valence-corrected chi connectivity index (χ2v) is 3.30. The van der Waals surface area contributed by atoms with Gasteiger partial charge in [-0.1, -0.05) is 0 Å². The minimum absolute atomic E-state index is 0.0764. The number of halogens is 1. The lowest BCUT2D eigenvalue weighted by Crippen LogP contribution is -2.21. The normalized spacial score (nSPS) is 11.9. The van der Waals surface area contributed by atoms with Gasteiger partial charge in [-0.15, -0.1) is 0 Å². The topological polar surface area (TPSA) is 45.0 Å². The van der Waals surface area contributed by atoms with Crippen LogP contribution in [-0.4, -0.2) is 19.8 Å². The van der Waals surface area contributed by atoms with Crippen molar-refractivity contribution in [2.45, 2.75) is 13.0 Å². The number of ether oxygens (including phenoxy) is 1. The Morgan fingerprint density at radius 2 is 2.33 bits per heavy atom. The molecular formula is C11H13FN2O. The molecule has 0 saturated carbocycles. The highest BCUT2D eigenvalue weighted by molar-refractivity contribution is 5.57. The van der Waals surface area contributed by atoms with E-state index in [4.69, 9.17) is 10.00 Å². The lowest BCUT2D eigenvalue weighted by Gasteiger charge is -2.15. The summed E-state index contributed by atoms with van der Waals surface area (Å²) in [5.41, 5.74) is 0.932. The van der Waals surface area contributed by atoms with Crippen molar-refractivity contribution in [1.82, 2.24) is 0 Å². The van der Waals surface area contributed by atoms with Crippen molar-refractivity contribution in [3.63, 3.8) is 0 Å². The lowest BCUT2D eigenvalue weighted by molar-refractivity contribution is 0.190. The number of methoxy groups -OCH3 is 1. The first-order valence-electron chi connectivity index (χ1n) is 4.62. The predicted molar refractivity (Wildman–Crippen MR) is 56.1 cm³/mol. The Kier molecular flexibility index (Phi) is 4.07. The minimum atomic E-state index is -0.406. The highest BCUT2D eigenvalue weighted by Gasteiger charge is 2.06. The summed E-state index contributed by atoms with van der Waals surface area (Å²) in [6.45, 7) is 2.45. The second-order valence-electron chi connectivity index (χ2n) is 3.30. The van der Waals surface area contributed by atoms with Gasteiger partial charge in [-0.05, 0) is 25.1 Å². The van der Waals surface area contributed by atoms with E-state index >= 15 is 0 Å². The number of hydrogen-bond acceptors (Lipinski definition) is 3. The van der Waals surface area contributed by atoms with Crippen molar-refractivity contribution in [3.8, 4) is 6.07 Å². The number of benzene rings is 1. The van der Waals surface area contributed by atoms with E-state index in [1.165, 1.54) is 12.1 Å². The van der Waals surface area contributed by atoms with Gasteiger partial charge < -0.3 is 10.1 Å². The summed E-state index contributed by atoms with van der Waals surface area (Å²) in [5, 5.41) is 11.9. The molecule has 0 fully saturated rings. The third-order valence-electron chi connectivity index (χ3n) is 1.92. The third-order valence-corrected chi connectivity index (χ3v) is 1.92. The summed E-state index contributed by atoms with van der Waals surface area (Å²) in [7, 11) is 1.61. The van der Waals surface area contributed by atoms with Crippen LogP contribution < -0.4 is 5.32 Å². The fraction of sp³-hybridized carbons (Fsp3) is 0.364. The SMILES string of the molecule is COC[C@@H](C)Nc1ccc(F)cc1C#N. The van der Waals surface area contributed by atoms with E-state index in [1.54, 1.807) is 13.2 Å². The molecule has 1 aromatic rings. The van der Waals surface area contributed by atoms with Gasteiger partial charge in [0.1, 0.15) is 11.9 Å². The van der Waals surface area contributed by atoms with Crippen molar-refractivity contribution in [2.75, 3.05) is 19.0 Å². The first kappa shape index (κ1) is 11.5. The Morgan fingerprint density at radius 3 is 2.93 bits per heavy atom.